The quantitative estimate of drug-likeness (QED) is 0.548. The summed E-state index contributed by atoms with van der Waals surface area (Å²) in [7, 11) is 0. The maximum absolute atomic E-state index is 5.66. The van der Waals surface area contributed by atoms with E-state index in [-0.39, 0.29) is 0 Å². The molecular formula is C23H35N5O. The van der Waals surface area contributed by atoms with Gasteiger partial charge in [0.2, 0.25) is 5.89 Å². The Kier molecular flexibility index (Phi) is 7.69. The van der Waals surface area contributed by atoms with Crippen LogP contribution in [0.15, 0.2) is 33.7 Å². The van der Waals surface area contributed by atoms with Crippen LogP contribution in [0.1, 0.15) is 61.6 Å². The maximum atomic E-state index is 5.66. The second kappa shape index (κ2) is 10.4. The zero-order chi connectivity index (χ0) is 20.6. The molecule has 6 nitrogen and oxygen atoms in total. The number of hydrogen-bond donors (Lipinski definition) is 2. The number of hydrogen-bond acceptors (Lipinski definition) is 4. The predicted octanol–water partition coefficient (Wildman–Crippen LogP) is 3.92. The molecule has 3 rings (SSSR count). The highest BCUT2D eigenvalue weighted by Gasteiger charge is 2.19. The third-order valence-electron chi connectivity index (χ3n) is 5.66. The van der Waals surface area contributed by atoms with Crippen LogP contribution in [0.2, 0.25) is 0 Å². The predicted molar refractivity (Wildman–Crippen MR) is 118 cm³/mol. The van der Waals surface area contributed by atoms with E-state index in [9.17, 15) is 0 Å². The fourth-order valence-electron chi connectivity index (χ4n) is 3.76. The molecule has 1 atom stereocenters. The average molecular weight is 398 g/mol. The summed E-state index contributed by atoms with van der Waals surface area (Å²) < 4.78 is 5.66. The summed E-state index contributed by atoms with van der Waals surface area (Å²) in [6, 6.07) is 9.33. The van der Waals surface area contributed by atoms with Crippen molar-refractivity contribution in [3.63, 3.8) is 0 Å². The third kappa shape index (κ3) is 6.07. The van der Waals surface area contributed by atoms with Crippen LogP contribution in [0.4, 0.5) is 0 Å². The van der Waals surface area contributed by atoms with Gasteiger partial charge in [-0.1, -0.05) is 30.7 Å². The van der Waals surface area contributed by atoms with Crippen LogP contribution in [0.3, 0.4) is 0 Å². The Morgan fingerprint density at radius 3 is 2.69 bits per heavy atom. The summed E-state index contributed by atoms with van der Waals surface area (Å²) in [6.07, 6.45) is 3.96. The molecule has 0 aliphatic carbocycles. The first-order valence-corrected chi connectivity index (χ1v) is 10.8. The Labute approximate surface area is 174 Å². The smallest absolute Gasteiger partial charge is 0.214 e. The second-order valence-electron chi connectivity index (χ2n) is 7.88. The Morgan fingerprint density at radius 1 is 1.21 bits per heavy atom. The van der Waals surface area contributed by atoms with Crippen molar-refractivity contribution in [2.45, 2.75) is 72.6 Å². The van der Waals surface area contributed by atoms with E-state index in [0.717, 1.165) is 30.5 Å². The first kappa shape index (κ1) is 21.4. The van der Waals surface area contributed by atoms with E-state index in [4.69, 9.17) is 9.41 Å². The molecule has 1 aliphatic rings. The summed E-state index contributed by atoms with van der Waals surface area (Å²) in [5.41, 5.74) is 3.59. The van der Waals surface area contributed by atoms with Gasteiger partial charge in [-0.05, 0) is 58.2 Å². The van der Waals surface area contributed by atoms with E-state index in [0.29, 0.717) is 25.0 Å². The summed E-state index contributed by atoms with van der Waals surface area (Å²) in [4.78, 5) is 11.8. The molecule has 0 spiro atoms. The Hall–Kier alpha value is -2.34. The van der Waals surface area contributed by atoms with Crippen molar-refractivity contribution in [2.75, 3.05) is 13.1 Å². The second-order valence-corrected chi connectivity index (χ2v) is 7.88. The Morgan fingerprint density at radius 2 is 2.00 bits per heavy atom. The summed E-state index contributed by atoms with van der Waals surface area (Å²) in [5.74, 6) is 2.33. The largest absolute Gasteiger partial charge is 0.444 e. The number of guanidine groups is 1. The standard InChI is InChI=1S/C23H35N5O/c1-5-24-23(26-15-22-27-18(3)19(4)29-22)25-14-20-11-6-7-12-21(20)16-28-13-9-8-10-17(28)2/h6-7,11-12,17H,5,8-10,13-16H2,1-4H3,(H2,24,25,26). The molecule has 0 bridgehead atoms. The van der Waals surface area contributed by atoms with E-state index < -0.39 is 0 Å². The summed E-state index contributed by atoms with van der Waals surface area (Å²) >= 11 is 0. The van der Waals surface area contributed by atoms with Gasteiger partial charge < -0.3 is 15.1 Å². The molecule has 6 heteroatoms. The first-order valence-electron chi connectivity index (χ1n) is 10.8. The Balaban J connectivity index is 1.65. The molecule has 2 aromatic rings. The number of nitrogens with one attached hydrogen (secondary N) is 2. The van der Waals surface area contributed by atoms with Gasteiger partial charge in [-0.2, -0.15) is 0 Å². The van der Waals surface area contributed by atoms with Crippen molar-refractivity contribution in [3.8, 4) is 0 Å². The highest BCUT2D eigenvalue weighted by molar-refractivity contribution is 5.79. The monoisotopic (exact) mass is 397 g/mol. The van der Waals surface area contributed by atoms with Gasteiger partial charge in [-0.15, -0.1) is 0 Å². The van der Waals surface area contributed by atoms with Crippen LogP contribution in [-0.2, 0) is 19.6 Å². The molecule has 158 valence electrons. The van der Waals surface area contributed by atoms with Gasteiger partial charge in [0, 0.05) is 19.1 Å². The minimum Gasteiger partial charge on any atom is -0.444 e. The molecular weight excluding hydrogens is 362 g/mol. The van der Waals surface area contributed by atoms with Gasteiger partial charge in [-0.25, -0.2) is 9.98 Å². The average Bonchev–Trinajstić information content (AvgIpc) is 3.04. The van der Waals surface area contributed by atoms with E-state index in [1.807, 2.05) is 13.8 Å². The molecule has 1 unspecified atom stereocenters. The van der Waals surface area contributed by atoms with Crippen LogP contribution >= 0.6 is 0 Å². The number of aliphatic imine (C=N–C) groups is 1. The maximum Gasteiger partial charge on any atom is 0.214 e. The van der Waals surface area contributed by atoms with Gasteiger partial charge in [-0.3, -0.25) is 4.90 Å². The SMILES string of the molecule is CCNC(=NCc1ccccc1CN1CCCCC1C)NCc1nc(C)c(C)o1. The minimum absolute atomic E-state index is 0.521. The van der Waals surface area contributed by atoms with Crippen LogP contribution in [-0.4, -0.2) is 35.0 Å². The minimum atomic E-state index is 0.521. The zero-order valence-electron chi connectivity index (χ0n) is 18.3. The van der Waals surface area contributed by atoms with Gasteiger partial charge in [0.05, 0.1) is 18.8 Å². The lowest BCUT2D eigenvalue weighted by Crippen LogP contribution is -2.37. The van der Waals surface area contributed by atoms with Crippen molar-refractivity contribution >= 4 is 5.96 Å². The van der Waals surface area contributed by atoms with Crippen molar-refractivity contribution in [2.24, 2.45) is 4.99 Å². The lowest BCUT2D eigenvalue weighted by atomic mass is 10.0. The molecule has 29 heavy (non-hydrogen) atoms. The number of aryl methyl sites for hydroxylation is 2. The van der Waals surface area contributed by atoms with Crippen LogP contribution in [0.5, 0.6) is 0 Å². The van der Waals surface area contributed by atoms with E-state index in [1.165, 1.54) is 36.9 Å². The van der Waals surface area contributed by atoms with Crippen LogP contribution in [0, 0.1) is 13.8 Å². The normalized spacial score (nSPS) is 18.1. The van der Waals surface area contributed by atoms with Gasteiger partial charge in [0.1, 0.15) is 5.76 Å². The Bertz CT molecular complexity index is 794. The molecule has 1 fully saturated rings. The number of benzene rings is 1. The van der Waals surface area contributed by atoms with Crippen molar-refractivity contribution in [3.05, 3.63) is 52.7 Å². The molecule has 0 amide bonds. The molecule has 2 heterocycles. The van der Waals surface area contributed by atoms with E-state index >= 15 is 0 Å². The topological polar surface area (TPSA) is 65.7 Å². The van der Waals surface area contributed by atoms with Crippen LogP contribution in [0.25, 0.3) is 0 Å². The number of oxazole rings is 1. The van der Waals surface area contributed by atoms with Gasteiger partial charge >= 0.3 is 0 Å². The first-order chi connectivity index (χ1) is 14.1. The van der Waals surface area contributed by atoms with Crippen LogP contribution < -0.4 is 10.6 Å². The summed E-state index contributed by atoms with van der Waals surface area (Å²) in [5, 5.41) is 6.64. The highest BCUT2D eigenvalue weighted by atomic mass is 16.4. The summed E-state index contributed by atoms with van der Waals surface area (Å²) in [6.45, 7) is 12.5. The van der Waals surface area contributed by atoms with Gasteiger partial charge in [0.15, 0.2) is 5.96 Å². The molecule has 1 aliphatic heterocycles. The van der Waals surface area contributed by atoms with Crippen molar-refractivity contribution in [1.82, 2.24) is 20.5 Å². The number of likely N-dealkylation sites (tertiary alicyclic amines) is 1. The third-order valence-corrected chi connectivity index (χ3v) is 5.66. The molecule has 0 radical (unpaired) electrons. The lowest BCUT2D eigenvalue weighted by Gasteiger charge is -2.33. The fraction of sp³-hybridized carbons (Fsp3) is 0.565. The number of piperidine rings is 1. The highest BCUT2D eigenvalue weighted by Crippen LogP contribution is 2.21. The lowest BCUT2D eigenvalue weighted by molar-refractivity contribution is 0.152. The number of nitrogens with zero attached hydrogens (tertiary/aromatic N) is 3. The van der Waals surface area contributed by atoms with E-state index in [1.54, 1.807) is 0 Å². The van der Waals surface area contributed by atoms with Gasteiger partial charge in [0.25, 0.3) is 0 Å². The number of aromatic nitrogens is 1. The van der Waals surface area contributed by atoms with E-state index in [2.05, 4.69) is 58.6 Å². The zero-order valence-corrected chi connectivity index (χ0v) is 18.3. The van der Waals surface area contributed by atoms with Crippen molar-refractivity contribution in [1.29, 1.82) is 0 Å². The molecule has 1 aromatic heterocycles. The molecule has 1 saturated heterocycles. The molecule has 2 N–H and O–H groups in total. The fourth-order valence-corrected chi connectivity index (χ4v) is 3.76. The number of rotatable bonds is 7. The molecule has 0 saturated carbocycles. The molecule has 1 aromatic carbocycles. The van der Waals surface area contributed by atoms with Crippen molar-refractivity contribution < 1.29 is 4.42 Å².